The van der Waals surface area contributed by atoms with Crippen LogP contribution >= 0.6 is 47.8 Å². The highest BCUT2D eigenvalue weighted by Crippen LogP contribution is 2.29. The van der Waals surface area contributed by atoms with Gasteiger partial charge in [-0.15, -0.1) is 0 Å². The molecule has 0 aliphatic carbocycles. The molecule has 0 bridgehead atoms. The molecule has 0 spiro atoms. The van der Waals surface area contributed by atoms with Crippen molar-refractivity contribution in [1.82, 2.24) is 82.5 Å². The summed E-state index contributed by atoms with van der Waals surface area (Å²) in [5.74, 6) is 0.0894. The Morgan fingerprint density at radius 1 is 0.635 bits per heavy atom. The fourth-order valence-corrected chi connectivity index (χ4v) is 9.40. The normalized spacial score (nSPS) is 10.9. The average molecular weight is 1360 g/mol. The average Bonchev–Trinajstić information content (AvgIpc) is 2.29. The Hall–Kier alpha value is -8.84. The van der Waals surface area contributed by atoms with Crippen LogP contribution < -0.4 is 38.6 Å². The number of rotatable bonds is 12. The number of nitrogens with zero attached hydrogens (tertiary/aromatic N) is 18. The molecule has 0 fully saturated rings. The Bertz CT molecular complexity index is 4190. The summed E-state index contributed by atoms with van der Waals surface area (Å²) in [7, 11) is 4.99. The van der Waals surface area contributed by atoms with Gasteiger partial charge in [-0.2, -0.15) is 30.2 Å². The van der Waals surface area contributed by atoms with E-state index >= 15 is 4.39 Å². The van der Waals surface area contributed by atoms with Crippen LogP contribution in [0.15, 0.2) is 132 Å². The molecule has 0 unspecified atom stereocenters. The fraction of sp³-hybridized carbons (Fsp3) is 0.315. The zero-order valence-electron chi connectivity index (χ0n) is 48.4. The van der Waals surface area contributed by atoms with Crippen LogP contribution in [0.3, 0.4) is 0 Å². The van der Waals surface area contributed by atoms with Crippen molar-refractivity contribution in [2.75, 3.05) is 16.4 Å². The maximum Gasteiger partial charge on any atom is 0.306 e. The van der Waals surface area contributed by atoms with E-state index in [4.69, 9.17) is 5.73 Å². The number of halogens is 4. The molecular weight excluding hydrogens is 1300 g/mol. The van der Waals surface area contributed by atoms with Crippen molar-refractivity contribution in [2.45, 2.75) is 93.4 Å². The van der Waals surface area contributed by atoms with Gasteiger partial charge in [0.1, 0.15) is 27.4 Å². The first-order valence-electron chi connectivity index (χ1n) is 26.2. The van der Waals surface area contributed by atoms with Gasteiger partial charge in [-0.25, -0.2) is 24.3 Å². The SMILES string of the molecule is CCc1c(-c2cn(C)c(=O)c(Nc3cnn(CC)c3)n2)ccnc1-n1ncc2cc(C(C)(C)C)cc(F)c2c1=O.CCn1cc(N)cn1.CCn1cc(Nc2nc(Br)cn(C)c2=O)cn1.CCn1cc([N+](=O)[O-])cn1.Cn1cc(Br)nc(Br)c1=O. The van der Waals surface area contributed by atoms with E-state index in [0.717, 1.165) is 34.7 Å². The zero-order valence-corrected chi connectivity index (χ0v) is 53.1. The van der Waals surface area contributed by atoms with Gasteiger partial charge >= 0.3 is 5.69 Å². The van der Waals surface area contributed by atoms with Crippen molar-refractivity contribution in [1.29, 1.82) is 0 Å². The summed E-state index contributed by atoms with van der Waals surface area (Å²) in [6, 6.07) is 4.98. The van der Waals surface area contributed by atoms with E-state index < -0.39 is 16.3 Å². The number of hydrogen-bond donors (Lipinski definition) is 3. The fourth-order valence-electron chi connectivity index (χ4n) is 7.72. The van der Waals surface area contributed by atoms with Gasteiger partial charge in [0.2, 0.25) is 0 Å². The molecule has 448 valence electrons. The van der Waals surface area contributed by atoms with E-state index in [-0.39, 0.29) is 50.6 Å². The molecule has 0 saturated carbocycles. The number of pyridine rings is 1. The summed E-state index contributed by atoms with van der Waals surface area (Å²) in [6.07, 6.45) is 21.4. The zero-order chi connectivity index (χ0) is 62.4. The maximum absolute atomic E-state index is 15.3. The second-order valence-electron chi connectivity index (χ2n) is 19.4. The monoisotopic (exact) mass is 1360 g/mol. The van der Waals surface area contributed by atoms with Gasteiger partial charge in [0.05, 0.1) is 57.9 Å². The largest absolute Gasteiger partial charge is 0.396 e. The Morgan fingerprint density at radius 3 is 1.64 bits per heavy atom. The first-order valence-corrected chi connectivity index (χ1v) is 28.6. The molecular formula is C54H63Br3FN21O6. The molecule has 85 heavy (non-hydrogen) atoms. The molecule has 31 heteroatoms. The number of nitrogens with one attached hydrogen (secondary N) is 2. The van der Waals surface area contributed by atoms with Gasteiger partial charge in [-0.1, -0.05) is 27.7 Å². The van der Waals surface area contributed by atoms with Gasteiger partial charge in [-0.3, -0.25) is 48.0 Å². The highest BCUT2D eigenvalue weighted by molar-refractivity contribution is 9.11. The standard InChI is InChI=1S/C29H31FN8O2.C10H12BrN5O.C5H4Br2N2O.C5H7N3O2.C5H9N3/c1-7-20-21(23-16-36(6)28(40)25(35-23)34-19-14-32-37(8-2)15-19)9-10-31-26(20)38-27(39)24-17(13-33-38)11-18(12-22(24)30)29(3,4)5;1-3-16-5-7(4-12-16)13-9-10(17)15(2)6-8(11)14-9;1-9-2-3(6)8-4(7)5(9)10;1-2-7-4-5(3-6-7)8(9)10;1-2-8-4-5(6)3-7-8/h9-16H,7-8H2,1-6H3,(H,34,35);4-6H,3H2,1-2H3,(H,13,14);2H,1H3;3-4H,2H2,1H3;3-4H,2,6H2,1H3. The number of benzene rings is 1. The molecule has 9 heterocycles. The van der Waals surface area contributed by atoms with Gasteiger partial charge in [0.15, 0.2) is 22.1 Å². The highest BCUT2D eigenvalue weighted by atomic mass is 79.9. The lowest BCUT2D eigenvalue weighted by Crippen LogP contribution is -2.25. The molecule has 0 aliphatic rings. The van der Waals surface area contributed by atoms with E-state index in [9.17, 15) is 29.3 Å². The van der Waals surface area contributed by atoms with Crippen LogP contribution in [0, 0.1) is 15.9 Å². The lowest BCUT2D eigenvalue weighted by Gasteiger charge is -2.20. The third kappa shape index (κ3) is 16.9. The molecule has 0 amide bonds. The van der Waals surface area contributed by atoms with Crippen molar-refractivity contribution in [3.63, 3.8) is 0 Å². The van der Waals surface area contributed by atoms with Crippen LogP contribution in [0.4, 0.5) is 38.8 Å². The number of anilines is 5. The first-order chi connectivity index (χ1) is 40.3. The van der Waals surface area contributed by atoms with Gasteiger partial charge < -0.3 is 30.1 Å². The second kappa shape index (κ2) is 29.1. The number of nitrogens with two attached hydrogens (primary N) is 1. The van der Waals surface area contributed by atoms with Gasteiger partial charge in [0, 0.05) is 107 Å². The van der Waals surface area contributed by atoms with Crippen molar-refractivity contribution < 1.29 is 9.31 Å². The predicted octanol–water partition coefficient (Wildman–Crippen LogP) is 8.60. The third-order valence-corrected chi connectivity index (χ3v) is 13.5. The Labute approximate surface area is 511 Å². The van der Waals surface area contributed by atoms with Crippen molar-refractivity contribution in [2.24, 2.45) is 21.1 Å². The Kier molecular flexibility index (Phi) is 22.4. The minimum atomic E-state index is -0.599. The van der Waals surface area contributed by atoms with E-state index in [1.807, 2.05) is 61.6 Å². The molecule has 0 atom stereocenters. The number of nitro groups is 1. The van der Waals surface area contributed by atoms with Crippen molar-refractivity contribution in [3.05, 3.63) is 181 Å². The smallest absolute Gasteiger partial charge is 0.306 e. The molecule has 9 aromatic heterocycles. The predicted molar refractivity (Wildman–Crippen MR) is 333 cm³/mol. The van der Waals surface area contributed by atoms with Crippen LogP contribution in [0.2, 0.25) is 0 Å². The Morgan fingerprint density at radius 2 is 1.15 bits per heavy atom. The lowest BCUT2D eigenvalue weighted by atomic mass is 9.86. The summed E-state index contributed by atoms with van der Waals surface area (Å²) in [4.78, 5) is 75.8. The number of nitrogen functional groups attached to an aromatic ring is 1. The number of fused-ring (bicyclic) bond motifs is 1. The molecule has 0 radical (unpaired) electrons. The molecule has 27 nitrogen and oxygen atoms in total. The minimum absolute atomic E-state index is 0.0434. The summed E-state index contributed by atoms with van der Waals surface area (Å²) in [5, 5.41) is 36.9. The number of hydrogen-bond acceptors (Lipinski definition) is 18. The van der Waals surface area contributed by atoms with E-state index in [2.05, 4.69) is 104 Å². The van der Waals surface area contributed by atoms with Crippen LogP contribution in [-0.2, 0) is 59.2 Å². The van der Waals surface area contributed by atoms with Crippen molar-refractivity contribution >= 4 is 92.9 Å². The minimum Gasteiger partial charge on any atom is -0.396 e. The maximum atomic E-state index is 15.3. The van der Waals surface area contributed by atoms with Gasteiger partial charge in [-0.05, 0) is 111 Å². The quantitative estimate of drug-likeness (QED) is 0.0761. The molecule has 10 rings (SSSR count). The molecule has 0 saturated heterocycles. The van der Waals surface area contributed by atoms with Crippen molar-refractivity contribution in [3.8, 4) is 17.1 Å². The lowest BCUT2D eigenvalue weighted by molar-refractivity contribution is -0.385. The van der Waals surface area contributed by atoms with Crippen LogP contribution in [0.5, 0.6) is 0 Å². The third-order valence-electron chi connectivity index (χ3n) is 12.3. The summed E-state index contributed by atoms with van der Waals surface area (Å²) in [6.45, 7) is 18.7. The summed E-state index contributed by atoms with van der Waals surface area (Å²) < 4.78 is 29.1. The summed E-state index contributed by atoms with van der Waals surface area (Å²) >= 11 is 9.42. The van der Waals surface area contributed by atoms with E-state index in [1.165, 1.54) is 43.0 Å². The van der Waals surface area contributed by atoms with Crippen LogP contribution in [-0.4, -0.2) is 87.5 Å². The number of aromatic nitrogens is 17. The topological polar surface area (TPSA) is 317 Å². The molecule has 1 aromatic carbocycles. The molecule has 0 aliphatic heterocycles. The first kappa shape index (κ1) is 65.3. The number of aryl methyl sites for hydroxylation is 7. The second-order valence-corrected chi connectivity index (χ2v) is 21.8. The Balaban J connectivity index is 0.000000207. The summed E-state index contributed by atoms with van der Waals surface area (Å²) in [5.41, 5.74) is 8.64. The molecule has 10 aromatic rings. The van der Waals surface area contributed by atoms with Crippen LogP contribution in [0.25, 0.3) is 27.8 Å². The van der Waals surface area contributed by atoms with Gasteiger partial charge in [0.25, 0.3) is 22.2 Å². The van der Waals surface area contributed by atoms with E-state index in [1.54, 1.807) is 103 Å². The molecule has 4 N–H and O–H groups in total. The highest BCUT2D eigenvalue weighted by Gasteiger charge is 2.22. The van der Waals surface area contributed by atoms with E-state index in [0.29, 0.717) is 61.2 Å². The van der Waals surface area contributed by atoms with Crippen LogP contribution in [0.1, 0.15) is 66.5 Å².